The first-order valence-corrected chi connectivity index (χ1v) is 8.47. The zero-order valence-corrected chi connectivity index (χ0v) is 14.5. The number of carbonyl (C=O) groups is 2. The van der Waals surface area contributed by atoms with Gasteiger partial charge in [0.15, 0.2) is 5.76 Å². The summed E-state index contributed by atoms with van der Waals surface area (Å²) in [5, 5.41) is 12.5. The van der Waals surface area contributed by atoms with E-state index in [-0.39, 0.29) is 28.6 Å². The molecular formula is C18H19ClN2O4. The fourth-order valence-corrected chi connectivity index (χ4v) is 3.04. The highest BCUT2D eigenvalue weighted by Gasteiger charge is 2.25. The van der Waals surface area contributed by atoms with Gasteiger partial charge in [0.1, 0.15) is 11.5 Å². The number of piperidine rings is 1. The molecule has 2 amide bonds. The lowest BCUT2D eigenvalue weighted by Crippen LogP contribution is -2.46. The van der Waals surface area contributed by atoms with Gasteiger partial charge in [0.05, 0.1) is 5.02 Å². The molecule has 1 aromatic heterocycles. The summed E-state index contributed by atoms with van der Waals surface area (Å²) in [4.78, 5) is 26.3. The number of hydrogen-bond acceptors (Lipinski definition) is 4. The summed E-state index contributed by atoms with van der Waals surface area (Å²) in [6.07, 6.45) is 1.34. The molecule has 0 aliphatic carbocycles. The van der Waals surface area contributed by atoms with Crippen LogP contribution in [0.3, 0.4) is 0 Å². The van der Waals surface area contributed by atoms with Gasteiger partial charge in [-0.2, -0.15) is 0 Å². The third kappa shape index (κ3) is 3.96. The molecule has 6 nitrogen and oxygen atoms in total. The van der Waals surface area contributed by atoms with Crippen LogP contribution < -0.4 is 5.32 Å². The van der Waals surface area contributed by atoms with Crippen molar-refractivity contribution < 1.29 is 19.1 Å². The molecule has 7 heteroatoms. The van der Waals surface area contributed by atoms with Crippen molar-refractivity contribution in [3.63, 3.8) is 0 Å². The number of phenols is 1. The molecule has 1 aliphatic rings. The van der Waals surface area contributed by atoms with Gasteiger partial charge in [0, 0.05) is 24.7 Å². The van der Waals surface area contributed by atoms with Gasteiger partial charge in [-0.15, -0.1) is 0 Å². The van der Waals surface area contributed by atoms with E-state index in [0.29, 0.717) is 43.0 Å². The Morgan fingerprint density at radius 3 is 2.56 bits per heavy atom. The number of aromatic hydroxyl groups is 1. The molecule has 0 unspecified atom stereocenters. The molecule has 3 rings (SSSR count). The van der Waals surface area contributed by atoms with Crippen LogP contribution in [0.4, 0.5) is 0 Å². The maximum Gasteiger partial charge on any atom is 0.287 e. The van der Waals surface area contributed by atoms with Crippen LogP contribution in [0, 0.1) is 6.92 Å². The minimum atomic E-state index is -0.233. The van der Waals surface area contributed by atoms with Crippen molar-refractivity contribution in [1.29, 1.82) is 0 Å². The molecule has 0 spiro atoms. The number of likely N-dealkylation sites (tertiary alicyclic amines) is 1. The normalized spacial score (nSPS) is 15.2. The van der Waals surface area contributed by atoms with E-state index in [4.69, 9.17) is 16.0 Å². The molecule has 1 saturated heterocycles. The SMILES string of the molecule is Cc1ccc(C(=O)NC2CCN(C(=O)c3ccc(O)c(Cl)c3)CC2)o1. The minimum Gasteiger partial charge on any atom is -0.506 e. The first-order valence-electron chi connectivity index (χ1n) is 8.09. The van der Waals surface area contributed by atoms with Crippen LogP contribution in [0.1, 0.15) is 39.5 Å². The van der Waals surface area contributed by atoms with Gasteiger partial charge >= 0.3 is 0 Å². The zero-order valence-electron chi connectivity index (χ0n) is 13.8. The first-order chi connectivity index (χ1) is 11.9. The van der Waals surface area contributed by atoms with Crippen LogP contribution in [0.2, 0.25) is 5.02 Å². The van der Waals surface area contributed by atoms with Crippen LogP contribution in [0.15, 0.2) is 34.7 Å². The summed E-state index contributed by atoms with van der Waals surface area (Å²) in [5.74, 6) is 0.581. The molecular weight excluding hydrogens is 344 g/mol. The van der Waals surface area contributed by atoms with Gasteiger partial charge in [-0.25, -0.2) is 0 Å². The van der Waals surface area contributed by atoms with Crippen molar-refractivity contribution in [2.45, 2.75) is 25.8 Å². The molecule has 0 bridgehead atoms. The largest absolute Gasteiger partial charge is 0.506 e. The second-order valence-corrected chi connectivity index (χ2v) is 6.52. The summed E-state index contributed by atoms with van der Waals surface area (Å²) in [5.41, 5.74) is 0.441. The maximum absolute atomic E-state index is 12.5. The number of benzene rings is 1. The molecule has 2 aromatic rings. The van der Waals surface area contributed by atoms with E-state index in [9.17, 15) is 14.7 Å². The topological polar surface area (TPSA) is 82.8 Å². The number of aryl methyl sites for hydroxylation is 1. The monoisotopic (exact) mass is 362 g/mol. The number of halogens is 1. The molecule has 132 valence electrons. The van der Waals surface area contributed by atoms with Gasteiger partial charge in [0.2, 0.25) is 0 Å². The van der Waals surface area contributed by atoms with Gasteiger partial charge in [-0.05, 0) is 50.1 Å². The lowest BCUT2D eigenvalue weighted by atomic mass is 10.0. The minimum absolute atomic E-state index is 0.00496. The van der Waals surface area contributed by atoms with Crippen LogP contribution in [-0.4, -0.2) is 41.0 Å². The number of carbonyl (C=O) groups excluding carboxylic acids is 2. The van der Waals surface area contributed by atoms with E-state index in [1.165, 1.54) is 12.1 Å². The van der Waals surface area contributed by atoms with Gasteiger partial charge < -0.3 is 19.7 Å². The molecule has 25 heavy (non-hydrogen) atoms. The lowest BCUT2D eigenvalue weighted by Gasteiger charge is -2.32. The highest BCUT2D eigenvalue weighted by Crippen LogP contribution is 2.25. The van der Waals surface area contributed by atoms with Crippen LogP contribution in [0.5, 0.6) is 5.75 Å². The fraction of sp³-hybridized carbons (Fsp3) is 0.333. The first kappa shape index (κ1) is 17.4. The van der Waals surface area contributed by atoms with Crippen LogP contribution in [0.25, 0.3) is 0 Å². The summed E-state index contributed by atoms with van der Waals surface area (Å²) in [7, 11) is 0. The molecule has 2 heterocycles. The smallest absolute Gasteiger partial charge is 0.287 e. The molecule has 2 N–H and O–H groups in total. The standard InChI is InChI=1S/C18H19ClN2O4/c1-11-2-5-16(25-11)17(23)20-13-6-8-21(9-7-13)18(24)12-3-4-15(22)14(19)10-12/h2-5,10,13,22H,6-9H2,1H3,(H,20,23). The maximum atomic E-state index is 12.5. The summed E-state index contributed by atoms with van der Waals surface area (Å²) < 4.78 is 5.32. The molecule has 1 aromatic carbocycles. The van der Waals surface area contributed by atoms with Crippen molar-refractivity contribution in [3.05, 3.63) is 52.4 Å². The van der Waals surface area contributed by atoms with Crippen molar-refractivity contribution in [2.24, 2.45) is 0 Å². The van der Waals surface area contributed by atoms with Gasteiger partial charge in [-0.1, -0.05) is 11.6 Å². The molecule has 1 fully saturated rings. The average molecular weight is 363 g/mol. The van der Waals surface area contributed by atoms with Crippen molar-refractivity contribution in [1.82, 2.24) is 10.2 Å². The van der Waals surface area contributed by atoms with Crippen molar-refractivity contribution in [2.75, 3.05) is 13.1 Å². The number of furan rings is 1. The quantitative estimate of drug-likeness (QED) is 0.879. The number of nitrogens with zero attached hydrogens (tertiary/aromatic N) is 1. The van der Waals surface area contributed by atoms with E-state index in [2.05, 4.69) is 5.32 Å². The Balaban J connectivity index is 1.55. The Labute approximate surface area is 150 Å². The molecule has 0 saturated carbocycles. The Kier molecular flexibility index (Phi) is 4.99. The molecule has 0 atom stereocenters. The fourth-order valence-electron chi connectivity index (χ4n) is 2.86. The summed E-state index contributed by atoms with van der Waals surface area (Å²) in [6, 6.07) is 7.83. The second kappa shape index (κ2) is 7.19. The van der Waals surface area contributed by atoms with Gasteiger partial charge in [0.25, 0.3) is 11.8 Å². The van der Waals surface area contributed by atoms with E-state index in [0.717, 1.165) is 0 Å². The Hall–Kier alpha value is -2.47. The number of phenolic OH excluding ortho intramolecular Hbond substituents is 1. The van der Waals surface area contributed by atoms with Gasteiger partial charge in [-0.3, -0.25) is 9.59 Å². The second-order valence-electron chi connectivity index (χ2n) is 6.12. The zero-order chi connectivity index (χ0) is 18.0. The predicted octanol–water partition coefficient (Wildman–Crippen LogP) is 2.98. The van der Waals surface area contributed by atoms with Crippen molar-refractivity contribution >= 4 is 23.4 Å². The van der Waals surface area contributed by atoms with Crippen LogP contribution >= 0.6 is 11.6 Å². The lowest BCUT2D eigenvalue weighted by molar-refractivity contribution is 0.0695. The predicted molar refractivity (Wildman–Crippen MR) is 93.0 cm³/mol. The average Bonchev–Trinajstić information content (AvgIpc) is 3.04. The third-order valence-electron chi connectivity index (χ3n) is 4.28. The van der Waals surface area contributed by atoms with E-state index in [1.807, 2.05) is 0 Å². The number of nitrogens with one attached hydrogen (secondary N) is 1. The highest BCUT2D eigenvalue weighted by molar-refractivity contribution is 6.32. The highest BCUT2D eigenvalue weighted by atomic mass is 35.5. The van der Waals surface area contributed by atoms with E-state index in [1.54, 1.807) is 30.0 Å². The summed E-state index contributed by atoms with van der Waals surface area (Å²) >= 11 is 5.86. The van der Waals surface area contributed by atoms with E-state index < -0.39 is 0 Å². The molecule has 1 aliphatic heterocycles. The number of hydrogen-bond donors (Lipinski definition) is 2. The number of amides is 2. The Bertz CT molecular complexity index is 794. The third-order valence-corrected chi connectivity index (χ3v) is 4.58. The van der Waals surface area contributed by atoms with E-state index >= 15 is 0 Å². The van der Waals surface area contributed by atoms with Crippen molar-refractivity contribution in [3.8, 4) is 5.75 Å². The summed E-state index contributed by atoms with van der Waals surface area (Å²) in [6.45, 7) is 2.87. The Morgan fingerprint density at radius 1 is 1.24 bits per heavy atom. The Morgan fingerprint density at radius 2 is 1.96 bits per heavy atom. The molecule has 0 radical (unpaired) electrons. The van der Waals surface area contributed by atoms with Crippen LogP contribution in [-0.2, 0) is 0 Å². The number of rotatable bonds is 3.